The number of hydrogen-bond acceptors (Lipinski definition) is 8. The van der Waals surface area contributed by atoms with Crippen LogP contribution in [0.25, 0.3) is 33.4 Å². The second kappa shape index (κ2) is 10.2. The molecule has 0 bridgehead atoms. The molecule has 2 aliphatic carbocycles. The molecule has 0 aliphatic heterocycles. The highest BCUT2D eigenvalue weighted by molar-refractivity contribution is 6.30. The quantitative estimate of drug-likeness (QED) is 0.215. The molecule has 8 nitrogen and oxygen atoms in total. The monoisotopic (exact) mass is 572 g/mol. The lowest BCUT2D eigenvalue weighted by Crippen LogP contribution is -2.02. The fraction of sp³-hybridized carbons (Fsp3) is 0. The smallest absolute Gasteiger partial charge is 0.206 e. The lowest BCUT2D eigenvalue weighted by atomic mass is 9.88. The second-order valence-electron chi connectivity index (χ2n) is 8.71. The first-order valence-electron chi connectivity index (χ1n) is 11.6. The fourth-order valence-corrected chi connectivity index (χ4v) is 5.10. The molecule has 2 heterocycles. The Balaban J connectivity index is 2.01. The average Bonchev–Trinajstić information content (AvgIpc) is 3.47. The molecule has 0 radical (unpaired) electrons. The van der Waals surface area contributed by atoms with Crippen molar-refractivity contribution in [2.75, 3.05) is 0 Å². The third-order valence-electron chi connectivity index (χ3n) is 6.58. The summed E-state index contributed by atoms with van der Waals surface area (Å²) in [7, 11) is 0. The van der Waals surface area contributed by atoms with E-state index >= 15 is 4.39 Å². The van der Waals surface area contributed by atoms with E-state index < -0.39 is 85.3 Å². The van der Waals surface area contributed by atoms with Crippen molar-refractivity contribution >= 4 is 33.4 Å². The van der Waals surface area contributed by atoms with Crippen LogP contribution >= 0.6 is 0 Å². The van der Waals surface area contributed by atoms with E-state index in [1.165, 1.54) is 0 Å². The second-order valence-corrected chi connectivity index (χ2v) is 8.71. The number of benzene rings is 1. The van der Waals surface area contributed by atoms with Crippen LogP contribution in [-0.2, 0) is 0 Å². The summed E-state index contributed by atoms with van der Waals surface area (Å²) in [6, 6.07) is 13.7. The van der Waals surface area contributed by atoms with Gasteiger partial charge in [0, 0.05) is 68.8 Å². The number of fused-ring (bicyclic) bond motifs is 2. The van der Waals surface area contributed by atoms with Crippen molar-refractivity contribution in [3.8, 4) is 36.4 Å². The highest BCUT2D eigenvalue weighted by Gasteiger charge is 2.41. The summed E-state index contributed by atoms with van der Waals surface area (Å²) in [5, 5.41) is 59.1. The van der Waals surface area contributed by atoms with Gasteiger partial charge in [-0.15, -0.1) is 0 Å². The van der Waals surface area contributed by atoms with Crippen molar-refractivity contribution in [1.82, 2.24) is 9.97 Å². The third-order valence-corrected chi connectivity index (χ3v) is 6.58. The summed E-state index contributed by atoms with van der Waals surface area (Å²) < 4.78 is 73.4. The summed E-state index contributed by atoms with van der Waals surface area (Å²) in [4.78, 5) is 5.95. The minimum atomic E-state index is -1.33. The van der Waals surface area contributed by atoms with Crippen molar-refractivity contribution in [2.24, 2.45) is 0 Å². The predicted molar refractivity (Wildman–Crippen MR) is 136 cm³/mol. The van der Waals surface area contributed by atoms with Gasteiger partial charge in [0.25, 0.3) is 0 Å². The Morgan fingerprint density at radius 3 is 1.12 bits per heavy atom. The lowest BCUT2D eigenvalue weighted by molar-refractivity contribution is 0.511. The molecule has 2 aromatic heterocycles. The van der Waals surface area contributed by atoms with E-state index in [1.54, 1.807) is 36.4 Å². The van der Waals surface area contributed by atoms with Gasteiger partial charge in [0.05, 0.1) is 11.1 Å². The molecule has 43 heavy (non-hydrogen) atoms. The topological polar surface area (TPSA) is 169 Å². The minimum Gasteiger partial charge on any atom is -0.206 e. The van der Waals surface area contributed by atoms with E-state index in [0.717, 1.165) is 6.07 Å². The first-order valence-corrected chi connectivity index (χ1v) is 11.6. The highest BCUT2D eigenvalue weighted by Crippen LogP contribution is 2.55. The first-order chi connectivity index (χ1) is 20.6. The van der Waals surface area contributed by atoms with Crippen LogP contribution in [0.15, 0.2) is 41.5 Å². The van der Waals surface area contributed by atoms with Gasteiger partial charge in [-0.1, -0.05) is 0 Å². The Morgan fingerprint density at radius 1 is 0.512 bits per heavy atom. The Kier molecular flexibility index (Phi) is 6.58. The largest absolute Gasteiger partial charge is 0.216 e. The molecule has 0 unspecified atom stereocenters. The fourth-order valence-electron chi connectivity index (χ4n) is 5.10. The number of nitrogens with zero attached hydrogens (tertiary/aromatic N) is 8. The van der Waals surface area contributed by atoms with Gasteiger partial charge in [0.1, 0.15) is 53.4 Å². The molecule has 0 N–H and O–H groups in total. The van der Waals surface area contributed by atoms with Gasteiger partial charge >= 0.3 is 0 Å². The van der Waals surface area contributed by atoms with Gasteiger partial charge in [0.2, 0.25) is 23.8 Å². The summed E-state index contributed by atoms with van der Waals surface area (Å²) in [5.41, 5.74) is -6.83. The van der Waals surface area contributed by atoms with Crippen molar-refractivity contribution < 1.29 is 22.0 Å². The highest BCUT2D eigenvalue weighted by atomic mass is 19.2. The molecule has 0 saturated carbocycles. The van der Waals surface area contributed by atoms with Gasteiger partial charge < -0.3 is 0 Å². The summed E-state index contributed by atoms with van der Waals surface area (Å²) >= 11 is 0. The van der Waals surface area contributed by atoms with E-state index in [1.807, 2.05) is 0 Å². The number of aromatic nitrogens is 2. The Morgan fingerprint density at radius 2 is 0.837 bits per heavy atom. The maximum absolute atomic E-state index is 16.9. The molecular weight excluding hydrogens is 567 g/mol. The van der Waals surface area contributed by atoms with Gasteiger partial charge in [-0.05, 0) is 17.2 Å². The average molecular weight is 572 g/mol. The van der Waals surface area contributed by atoms with Crippen molar-refractivity contribution in [3.63, 3.8) is 0 Å². The third kappa shape index (κ3) is 4.07. The summed E-state index contributed by atoms with van der Waals surface area (Å²) in [6.07, 6.45) is 0. The number of hydrogen-bond donors (Lipinski definition) is 0. The van der Waals surface area contributed by atoms with Gasteiger partial charge in [-0.2, -0.15) is 59.1 Å². The van der Waals surface area contributed by atoms with Crippen LogP contribution in [0.3, 0.4) is 0 Å². The van der Waals surface area contributed by atoms with Crippen LogP contribution in [0.1, 0.15) is 33.4 Å². The van der Waals surface area contributed by atoms with Crippen LogP contribution in [-0.4, -0.2) is 9.97 Å². The molecule has 0 spiro atoms. The van der Waals surface area contributed by atoms with Crippen LogP contribution in [0, 0.1) is 97.6 Å². The molecule has 13 heteroatoms. The van der Waals surface area contributed by atoms with Gasteiger partial charge in [-0.25, -0.2) is 4.39 Å². The van der Waals surface area contributed by atoms with Crippen LogP contribution in [0.5, 0.6) is 0 Å². The lowest BCUT2D eigenvalue weighted by Gasteiger charge is -2.13. The number of pyridine rings is 2. The molecule has 5 rings (SSSR count). The molecule has 200 valence electrons. The Bertz CT molecular complexity index is 2020. The van der Waals surface area contributed by atoms with Crippen molar-refractivity contribution in [1.29, 1.82) is 31.6 Å². The summed E-state index contributed by atoms with van der Waals surface area (Å²) in [5.74, 6) is -6.66. The number of nitriles is 6. The Labute approximate surface area is 238 Å². The zero-order chi connectivity index (χ0) is 31.2. The van der Waals surface area contributed by atoms with Crippen LogP contribution in [0.2, 0.25) is 0 Å². The molecule has 3 aromatic rings. The van der Waals surface area contributed by atoms with Crippen molar-refractivity contribution in [2.45, 2.75) is 0 Å². The van der Waals surface area contributed by atoms with Gasteiger partial charge in [0.15, 0.2) is 0 Å². The number of allylic oxidation sites excluding steroid dienone is 8. The molecule has 0 saturated heterocycles. The molecular formula is C30H5F5N8. The molecule has 1 aromatic carbocycles. The SMILES string of the molecule is N#CC(C#N)=C1C(c2cc(F)nc(F)c2)=C(C#N)c2cc3c(c(F)c21)C(=C(C#N)C#N)C(c1cc(F)nc(F)c1)=C3C#N. The van der Waals surface area contributed by atoms with E-state index in [9.17, 15) is 49.1 Å². The van der Waals surface area contributed by atoms with Crippen molar-refractivity contribution in [3.05, 3.63) is 104 Å². The van der Waals surface area contributed by atoms with Gasteiger partial charge in [-0.3, -0.25) is 0 Å². The maximum Gasteiger partial charge on any atom is 0.216 e. The normalized spacial score (nSPS) is 12.8. The molecule has 2 aliphatic rings. The van der Waals surface area contributed by atoms with E-state index in [2.05, 4.69) is 9.97 Å². The minimum absolute atomic E-state index is 0.305. The van der Waals surface area contributed by atoms with E-state index in [4.69, 9.17) is 0 Å². The van der Waals surface area contributed by atoms with E-state index in [-0.39, 0.29) is 22.3 Å². The first kappa shape index (κ1) is 27.6. The maximum atomic E-state index is 16.9. The predicted octanol–water partition coefficient (Wildman–Crippen LogP) is 5.67. The standard InChI is InChI=1S/C30H5F5N8/c31-20-1-12(2-21(32)42-20)24-18(10-40)16-5-17-19(11-41)25(13-3-22(33)43-23(34)4-13)27(15(8-38)9-39)29(17)30(35)28(16)26(24)14(6-36)7-37/h1-5H. The zero-order valence-corrected chi connectivity index (χ0v) is 20.9. The molecule has 0 amide bonds. The number of rotatable bonds is 2. The summed E-state index contributed by atoms with van der Waals surface area (Å²) in [6.45, 7) is 0. The Hall–Kier alpha value is -6.93. The zero-order valence-electron chi connectivity index (χ0n) is 20.9. The number of halogens is 5. The molecule has 0 fully saturated rings. The molecule has 0 atom stereocenters. The van der Waals surface area contributed by atoms with E-state index in [0.29, 0.717) is 24.3 Å². The van der Waals surface area contributed by atoms with Crippen LogP contribution in [0.4, 0.5) is 22.0 Å². The van der Waals surface area contributed by atoms with Crippen LogP contribution < -0.4 is 0 Å².